The maximum Gasteiger partial charge on any atom is 0.323 e. The van der Waals surface area contributed by atoms with Crippen LogP contribution in [0.3, 0.4) is 0 Å². The van der Waals surface area contributed by atoms with E-state index in [1.807, 2.05) is 6.92 Å². The van der Waals surface area contributed by atoms with Crippen LogP contribution >= 0.6 is 0 Å². The van der Waals surface area contributed by atoms with Gasteiger partial charge in [0.2, 0.25) is 5.97 Å². The Hall–Kier alpha value is -2.35. The zero-order valence-corrected chi connectivity index (χ0v) is 13.0. The van der Waals surface area contributed by atoms with Crippen LogP contribution in [0.4, 0.5) is 20.2 Å². The second kappa shape index (κ2) is 5.94. The van der Waals surface area contributed by atoms with Gasteiger partial charge in [-0.3, -0.25) is 9.59 Å². The van der Waals surface area contributed by atoms with E-state index >= 15 is 0 Å². The quantitative estimate of drug-likeness (QED) is 0.804. The molecule has 3 unspecified atom stereocenters. The summed E-state index contributed by atoms with van der Waals surface area (Å²) >= 11 is 0. The van der Waals surface area contributed by atoms with Crippen LogP contribution < -0.4 is 10.6 Å². The molecule has 2 aliphatic heterocycles. The van der Waals surface area contributed by atoms with Gasteiger partial charge in [0.25, 0.3) is 0 Å². The van der Waals surface area contributed by atoms with Crippen molar-refractivity contribution in [1.82, 2.24) is 0 Å². The van der Waals surface area contributed by atoms with Crippen molar-refractivity contribution >= 4 is 29.1 Å². The van der Waals surface area contributed by atoms with E-state index < -0.39 is 35.1 Å². The molecular formula is C16H17F2N3O3. The number of carboxylic acid groups (broad SMARTS) is 1. The van der Waals surface area contributed by atoms with Gasteiger partial charge < -0.3 is 15.7 Å². The lowest BCUT2D eigenvalue weighted by molar-refractivity contribution is -0.138. The Morgan fingerprint density at radius 2 is 2.12 bits per heavy atom. The highest BCUT2D eigenvalue weighted by Gasteiger charge is 2.39. The molecule has 0 amide bonds. The molecule has 0 aliphatic carbocycles. The number of aliphatic carboxylic acids is 1. The summed E-state index contributed by atoms with van der Waals surface area (Å²) in [6.07, 6.45) is 0.690. The molecule has 3 N–H and O–H groups in total. The number of hydrogen-bond donors (Lipinski definition) is 2. The average molecular weight is 337 g/mol. The number of piperidine rings is 1. The predicted octanol–water partition coefficient (Wildman–Crippen LogP) is 1.90. The number of benzene rings is 1. The first-order valence-electron chi connectivity index (χ1n) is 7.65. The maximum absolute atomic E-state index is 14.8. The van der Waals surface area contributed by atoms with Crippen molar-refractivity contribution in [2.75, 3.05) is 18.0 Å². The Morgan fingerprint density at radius 1 is 1.42 bits per heavy atom. The van der Waals surface area contributed by atoms with Crippen molar-refractivity contribution in [2.45, 2.75) is 19.4 Å². The van der Waals surface area contributed by atoms with Crippen LogP contribution in [0.25, 0.3) is 0 Å². The van der Waals surface area contributed by atoms with Gasteiger partial charge in [0.15, 0.2) is 17.5 Å². The average Bonchev–Trinajstić information content (AvgIpc) is 2.51. The number of hydrogen-bond acceptors (Lipinski definition) is 5. The van der Waals surface area contributed by atoms with Crippen molar-refractivity contribution in [3.05, 3.63) is 23.5 Å². The number of carboxylic acids is 1. The first-order chi connectivity index (χ1) is 11.3. The first-order valence-corrected chi connectivity index (χ1v) is 7.65. The lowest BCUT2D eigenvalue weighted by Gasteiger charge is -2.37. The molecule has 0 aromatic heterocycles. The van der Waals surface area contributed by atoms with Crippen molar-refractivity contribution in [3.63, 3.8) is 0 Å². The molecule has 8 heteroatoms. The SMILES string of the molecule is CC1CN(c2ccc3c(c2F)N=C(F)C(C(=O)O)C3=O)CCC1N. The number of Topliss-reactive ketones (excluding diaryl/α,β-unsaturated/α-hetero) is 1. The number of fused-ring (bicyclic) bond motifs is 1. The van der Waals surface area contributed by atoms with Gasteiger partial charge in [-0.15, -0.1) is 0 Å². The van der Waals surface area contributed by atoms with Gasteiger partial charge in [-0.05, 0) is 24.5 Å². The second-order valence-corrected chi connectivity index (χ2v) is 6.24. The molecule has 0 radical (unpaired) electrons. The van der Waals surface area contributed by atoms with Crippen LogP contribution in [0, 0.1) is 17.7 Å². The summed E-state index contributed by atoms with van der Waals surface area (Å²) in [5.74, 6) is -6.70. The van der Waals surface area contributed by atoms with E-state index in [2.05, 4.69) is 4.99 Å². The Morgan fingerprint density at radius 3 is 2.75 bits per heavy atom. The fourth-order valence-electron chi connectivity index (χ4n) is 3.14. The van der Waals surface area contributed by atoms with Gasteiger partial charge in [0.1, 0.15) is 5.69 Å². The number of halogens is 2. The summed E-state index contributed by atoms with van der Waals surface area (Å²) < 4.78 is 28.6. The molecule has 0 saturated carbocycles. The van der Waals surface area contributed by atoms with Crippen LogP contribution in [-0.4, -0.2) is 42.0 Å². The van der Waals surface area contributed by atoms with Crippen LogP contribution in [0.1, 0.15) is 23.7 Å². The molecule has 24 heavy (non-hydrogen) atoms. The third-order valence-corrected chi connectivity index (χ3v) is 4.64. The Labute approximate surface area is 137 Å². The number of ketones is 1. The number of aliphatic imine (C=N–C) groups is 1. The molecule has 3 rings (SSSR count). The van der Waals surface area contributed by atoms with E-state index in [1.165, 1.54) is 12.1 Å². The van der Waals surface area contributed by atoms with Gasteiger partial charge in [0, 0.05) is 24.7 Å². The molecule has 3 atom stereocenters. The summed E-state index contributed by atoms with van der Waals surface area (Å²) in [5, 5.41) is 8.93. The monoisotopic (exact) mass is 337 g/mol. The number of carbonyl (C=O) groups excluding carboxylic acids is 1. The number of rotatable bonds is 2. The van der Waals surface area contributed by atoms with Crippen LogP contribution in [-0.2, 0) is 4.79 Å². The molecule has 1 aromatic carbocycles. The minimum absolute atomic E-state index is 0.0373. The highest BCUT2D eigenvalue weighted by molar-refractivity contribution is 6.25. The van der Waals surface area contributed by atoms with Gasteiger partial charge in [-0.1, -0.05) is 6.92 Å². The number of carbonyl (C=O) groups is 2. The number of nitrogens with zero attached hydrogens (tertiary/aromatic N) is 2. The van der Waals surface area contributed by atoms with Crippen molar-refractivity contribution < 1.29 is 23.5 Å². The minimum Gasteiger partial charge on any atom is -0.480 e. The van der Waals surface area contributed by atoms with Gasteiger partial charge in [-0.2, -0.15) is 4.39 Å². The number of anilines is 1. The van der Waals surface area contributed by atoms with E-state index in [9.17, 15) is 18.4 Å². The fourth-order valence-corrected chi connectivity index (χ4v) is 3.14. The number of nitrogens with two attached hydrogens (primary N) is 1. The first kappa shape index (κ1) is 16.5. The third-order valence-electron chi connectivity index (χ3n) is 4.64. The molecule has 2 aliphatic rings. The highest BCUT2D eigenvalue weighted by Crippen LogP contribution is 2.37. The lowest BCUT2D eigenvalue weighted by atomic mass is 9.92. The summed E-state index contributed by atoms with van der Waals surface area (Å²) in [5.41, 5.74) is 5.52. The Kier molecular flexibility index (Phi) is 4.08. The smallest absolute Gasteiger partial charge is 0.323 e. The molecule has 0 bridgehead atoms. The molecule has 1 saturated heterocycles. The van der Waals surface area contributed by atoms with Crippen molar-refractivity contribution in [3.8, 4) is 0 Å². The standard InChI is InChI=1S/C16H17F2N3O3/c1-7-6-21(5-4-9(7)19)10-3-2-8-13(12(10)17)20-15(18)11(14(8)22)16(23)24/h2-3,7,9,11H,4-6,19H2,1H3,(H,23,24). The lowest BCUT2D eigenvalue weighted by Crippen LogP contribution is -2.46. The molecule has 2 heterocycles. The Balaban J connectivity index is 2.01. The van der Waals surface area contributed by atoms with E-state index in [1.54, 1.807) is 4.90 Å². The topological polar surface area (TPSA) is 96.0 Å². The van der Waals surface area contributed by atoms with Crippen LogP contribution in [0.15, 0.2) is 17.1 Å². The molecule has 6 nitrogen and oxygen atoms in total. The van der Waals surface area contributed by atoms with E-state index in [0.29, 0.717) is 19.5 Å². The van der Waals surface area contributed by atoms with Crippen LogP contribution in [0.5, 0.6) is 0 Å². The van der Waals surface area contributed by atoms with Gasteiger partial charge in [-0.25, -0.2) is 9.38 Å². The largest absolute Gasteiger partial charge is 0.480 e. The zero-order valence-electron chi connectivity index (χ0n) is 13.0. The predicted molar refractivity (Wildman–Crippen MR) is 84.0 cm³/mol. The van der Waals surface area contributed by atoms with E-state index in [0.717, 1.165) is 0 Å². The summed E-state index contributed by atoms with van der Waals surface area (Å²) in [6.45, 7) is 3.04. The van der Waals surface area contributed by atoms with E-state index in [4.69, 9.17) is 10.8 Å². The summed E-state index contributed by atoms with van der Waals surface area (Å²) in [6, 6.07) is 2.75. The molecular weight excluding hydrogens is 320 g/mol. The highest BCUT2D eigenvalue weighted by atomic mass is 19.1. The molecule has 1 aromatic rings. The minimum atomic E-state index is -2.00. The molecule has 1 fully saturated rings. The second-order valence-electron chi connectivity index (χ2n) is 6.24. The summed E-state index contributed by atoms with van der Waals surface area (Å²) in [7, 11) is 0. The van der Waals surface area contributed by atoms with E-state index in [-0.39, 0.29) is 23.2 Å². The van der Waals surface area contributed by atoms with Crippen molar-refractivity contribution in [1.29, 1.82) is 0 Å². The maximum atomic E-state index is 14.8. The summed E-state index contributed by atoms with van der Waals surface area (Å²) in [4.78, 5) is 28.3. The Bertz CT molecular complexity index is 750. The fraction of sp³-hybridized carbons (Fsp3) is 0.438. The normalized spacial score (nSPS) is 26.8. The van der Waals surface area contributed by atoms with Gasteiger partial charge >= 0.3 is 5.97 Å². The van der Waals surface area contributed by atoms with Gasteiger partial charge in [0.05, 0.1) is 5.69 Å². The van der Waals surface area contributed by atoms with Crippen LogP contribution in [0.2, 0.25) is 0 Å². The third kappa shape index (κ3) is 2.56. The molecule has 128 valence electrons. The molecule has 0 spiro atoms. The zero-order chi connectivity index (χ0) is 17.6. The van der Waals surface area contributed by atoms with Crippen molar-refractivity contribution in [2.24, 2.45) is 22.6 Å².